The Balaban J connectivity index is 1.47. The van der Waals surface area contributed by atoms with E-state index < -0.39 is 0 Å². The smallest absolute Gasteiger partial charge is 0.123 e. The maximum atomic E-state index is 6.74. The van der Waals surface area contributed by atoms with Crippen LogP contribution in [-0.2, 0) is 12.8 Å². The van der Waals surface area contributed by atoms with Gasteiger partial charge in [-0.1, -0.05) is 71.5 Å². The second kappa shape index (κ2) is 9.95. The molecule has 0 saturated carbocycles. The Kier molecular flexibility index (Phi) is 7.22. The molecular formula is C31H43NO. The highest BCUT2D eigenvalue weighted by molar-refractivity contribution is 5.63. The van der Waals surface area contributed by atoms with Crippen molar-refractivity contribution in [3.8, 4) is 5.75 Å². The van der Waals surface area contributed by atoms with E-state index in [4.69, 9.17) is 4.74 Å². The zero-order valence-electron chi connectivity index (χ0n) is 21.5. The predicted molar refractivity (Wildman–Crippen MR) is 141 cm³/mol. The molecule has 33 heavy (non-hydrogen) atoms. The number of benzene rings is 2. The molecule has 2 aliphatic heterocycles. The van der Waals surface area contributed by atoms with Crippen molar-refractivity contribution in [1.29, 1.82) is 0 Å². The number of nitrogens with zero attached hydrogens (tertiary/aromatic N) is 1. The van der Waals surface area contributed by atoms with Gasteiger partial charge in [-0.2, -0.15) is 0 Å². The van der Waals surface area contributed by atoms with Crippen LogP contribution in [0, 0.1) is 11.8 Å². The highest BCUT2D eigenvalue weighted by atomic mass is 16.5. The number of likely N-dealkylation sites (tertiary alicyclic amines) is 1. The number of hydrogen-bond donors (Lipinski definition) is 0. The normalized spacial score (nSPS) is 19.6. The van der Waals surface area contributed by atoms with Crippen LogP contribution in [0.1, 0.15) is 88.5 Å². The first-order chi connectivity index (χ1) is 15.8. The average molecular weight is 446 g/mol. The summed E-state index contributed by atoms with van der Waals surface area (Å²) in [6, 6.07) is 15.8. The Morgan fingerprint density at radius 1 is 1.03 bits per heavy atom. The van der Waals surface area contributed by atoms with Crippen molar-refractivity contribution in [2.75, 3.05) is 13.1 Å². The Morgan fingerprint density at radius 3 is 2.42 bits per heavy atom. The molecule has 2 heterocycles. The minimum Gasteiger partial charge on any atom is -0.487 e. The molecule has 2 aromatic carbocycles. The zero-order chi connectivity index (χ0) is 23.6. The first kappa shape index (κ1) is 23.9. The lowest BCUT2D eigenvalue weighted by atomic mass is 9.74. The largest absolute Gasteiger partial charge is 0.487 e. The highest BCUT2D eigenvalue weighted by Gasteiger charge is 2.43. The van der Waals surface area contributed by atoms with Gasteiger partial charge in [-0.3, -0.25) is 0 Å². The summed E-state index contributed by atoms with van der Waals surface area (Å²) in [6.45, 7) is 18.1. The lowest BCUT2D eigenvalue weighted by Crippen LogP contribution is -2.50. The van der Waals surface area contributed by atoms with Crippen LogP contribution in [0.5, 0.6) is 5.75 Å². The van der Waals surface area contributed by atoms with Crippen molar-refractivity contribution >= 4 is 5.70 Å². The zero-order valence-corrected chi connectivity index (χ0v) is 21.5. The summed E-state index contributed by atoms with van der Waals surface area (Å²) in [5.41, 5.74) is 6.80. The highest BCUT2D eigenvalue weighted by Crippen LogP contribution is 2.47. The number of ether oxygens (including phenoxy) is 1. The van der Waals surface area contributed by atoms with Gasteiger partial charge in [0, 0.05) is 31.6 Å². The predicted octanol–water partition coefficient (Wildman–Crippen LogP) is 7.87. The van der Waals surface area contributed by atoms with Crippen molar-refractivity contribution in [2.24, 2.45) is 11.8 Å². The monoisotopic (exact) mass is 445 g/mol. The van der Waals surface area contributed by atoms with Crippen molar-refractivity contribution in [2.45, 2.75) is 84.7 Å². The van der Waals surface area contributed by atoms with Gasteiger partial charge in [-0.25, -0.2) is 0 Å². The van der Waals surface area contributed by atoms with E-state index in [0.717, 1.165) is 50.9 Å². The maximum absolute atomic E-state index is 6.74. The van der Waals surface area contributed by atoms with E-state index in [1.54, 1.807) is 0 Å². The summed E-state index contributed by atoms with van der Waals surface area (Å²) in [4.78, 5) is 2.49. The number of para-hydroxylation sites is 1. The third-order valence-corrected chi connectivity index (χ3v) is 7.66. The SMILES string of the molecule is C=C(c1ccc(CC(C)C)c(CC)c1)N1CCC2(CC1)CC(CC(C)C)c1ccccc1O2. The lowest BCUT2D eigenvalue weighted by Gasteiger charge is -2.48. The van der Waals surface area contributed by atoms with Crippen LogP contribution in [0.4, 0.5) is 0 Å². The Hall–Kier alpha value is -2.22. The minimum absolute atomic E-state index is 0.0274. The fourth-order valence-electron chi connectivity index (χ4n) is 5.97. The summed E-state index contributed by atoms with van der Waals surface area (Å²) in [6.07, 6.45) is 6.75. The van der Waals surface area contributed by atoms with Crippen LogP contribution >= 0.6 is 0 Å². The lowest BCUT2D eigenvalue weighted by molar-refractivity contribution is -0.0129. The molecule has 1 spiro atoms. The summed E-state index contributed by atoms with van der Waals surface area (Å²) >= 11 is 0. The topological polar surface area (TPSA) is 12.5 Å². The molecule has 1 atom stereocenters. The third kappa shape index (κ3) is 5.31. The molecule has 0 aliphatic carbocycles. The van der Waals surface area contributed by atoms with Gasteiger partial charge in [-0.15, -0.1) is 0 Å². The second-order valence-corrected chi connectivity index (χ2v) is 11.2. The summed E-state index contributed by atoms with van der Waals surface area (Å²) in [5, 5.41) is 0. The van der Waals surface area contributed by atoms with Crippen molar-refractivity contribution in [1.82, 2.24) is 4.90 Å². The van der Waals surface area contributed by atoms with Crippen LogP contribution in [0.3, 0.4) is 0 Å². The van der Waals surface area contributed by atoms with Gasteiger partial charge in [0.05, 0.1) is 0 Å². The van der Waals surface area contributed by atoms with E-state index in [1.807, 2.05) is 0 Å². The molecule has 1 unspecified atom stereocenters. The van der Waals surface area contributed by atoms with Gasteiger partial charge in [-0.05, 0) is 77.8 Å². The van der Waals surface area contributed by atoms with Crippen LogP contribution in [-0.4, -0.2) is 23.6 Å². The van der Waals surface area contributed by atoms with Crippen molar-refractivity contribution in [3.63, 3.8) is 0 Å². The van der Waals surface area contributed by atoms with E-state index in [0.29, 0.717) is 17.8 Å². The van der Waals surface area contributed by atoms with Gasteiger partial charge >= 0.3 is 0 Å². The third-order valence-electron chi connectivity index (χ3n) is 7.66. The molecule has 178 valence electrons. The summed E-state index contributed by atoms with van der Waals surface area (Å²) in [7, 11) is 0. The van der Waals surface area contributed by atoms with E-state index in [1.165, 1.54) is 34.4 Å². The molecule has 2 aromatic rings. The maximum Gasteiger partial charge on any atom is 0.123 e. The van der Waals surface area contributed by atoms with Gasteiger partial charge in [0.15, 0.2) is 0 Å². The van der Waals surface area contributed by atoms with Gasteiger partial charge in [0.25, 0.3) is 0 Å². The number of piperidine rings is 1. The first-order valence-corrected chi connectivity index (χ1v) is 13.1. The second-order valence-electron chi connectivity index (χ2n) is 11.2. The first-order valence-electron chi connectivity index (χ1n) is 13.1. The fraction of sp³-hybridized carbons (Fsp3) is 0.548. The van der Waals surface area contributed by atoms with Crippen LogP contribution in [0.25, 0.3) is 5.70 Å². The van der Waals surface area contributed by atoms with Gasteiger partial charge in [0.1, 0.15) is 11.4 Å². The number of hydrogen-bond acceptors (Lipinski definition) is 2. The van der Waals surface area contributed by atoms with Crippen LogP contribution in [0.15, 0.2) is 49.0 Å². The number of fused-ring (bicyclic) bond motifs is 1. The quantitative estimate of drug-likeness (QED) is 0.430. The molecule has 0 radical (unpaired) electrons. The molecule has 2 aliphatic rings. The van der Waals surface area contributed by atoms with E-state index in [-0.39, 0.29) is 5.60 Å². The molecule has 1 saturated heterocycles. The molecule has 0 amide bonds. The van der Waals surface area contributed by atoms with Crippen molar-refractivity contribution < 1.29 is 4.74 Å². The van der Waals surface area contributed by atoms with E-state index in [2.05, 4.69) is 88.6 Å². The van der Waals surface area contributed by atoms with Gasteiger partial charge < -0.3 is 9.64 Å². The molecule has 0 aromatic heterocycles. The minimum atomic E-state index is -0.0274. The van der Waals surface area contributed by atoms with E-state index in [9.17, 15) is 0 Å². The Morgan fingerprint density at radius 2 is 1.76 bits per heavy atom. The standard InChI is InChI=1S/C31H43NO/c1-7-25-20-26(12-13-27(25)18-22(2)3)24(6)32-16-14-31(15-17-32)21-28(19-23(4)5)29-10-8-9-11-30(29)33-31/h8-13,20,22-23,28H,6-7,14-19,21H2,1-5H3. The number of rotatable bonds is 7. The molecule has 1 fully saturated rings. The fourth-order valence-corrected chi connectivity index (χ4v) is 5.97. The number of aryl methyl sites for hydroxylation is 1. The molecule has 2 heteroatoms. The molecule has 2 nitrogen and oxygen atoms in total. The van der Waals surface area contributed by atoms with Crippen LogP contribution < -0.4 is 4.74 Å². The van der Waals surface area contributed by atoms with Crippen LogP contribution in [0.2, 0.25) is 0 Å². The molecular weight excluding hydrogens is 402 g/mol. The Labute approximate surface area is 202 Å². The summed E-state index contributed by atoms with van der Waals surface area (Å²) < 4.78 is 6.74. The average Bonchev–Trinajstić information content (AvgIpc) is 2.78. The molecule has 0 bridgehead atoms. The molecule has 4 rings (SSSR count). The Bertz CT molecular complexity index is 965. The molecule has 0 N–H and O–H groups in total. The van der Waals surface area contributed by atoms with Gasteiger partial charge in [0.2, 0.25) is 0 Å². The van der Waals surface area contributed by atoms with Crippen molar-refractivity contribution in [3.05, 3.63) is 71.3 Å². The van der Waals surface area contributed by atoms with E-state index >= 15 is 0 Å². The summed E-state index contributed by atoms with van der Waals surface area (Å²) in [5.74, 6) is 3.10.